The van der Waals surface area contributed by atoms with Gasteiger partial charge in [-0.1, -0.05) is 32.4 Å². The first-order chi connectivity index (χ1) is 19.2. The second kappa shape index (κ2) is 11.2. The van der Waals surface area contributed by atoms with Crippen LogP contribution in [0.1, 0.15) is 62.5 Å². The van der Waals surface area contributed by atoms with Crippen molar-refractivity contribution in [1.82, 2.24) is 9.80 Å². The Kier molecular flexibility index (Phi) is 8.38. The molecular formula is C32H43N2O7+. The fourth-order valence-corrected chi connectivity index (χ4v) is 7.06. The number of hydrogen-bond acceptors (Lipinski definition) is 7. The summed E-state index contributed by atoms with van der Waals surface area (Å²) in [5.41, 5.74) is 1.44. The summed E-state index contributed by atoms with van der Waals surface area (Å²) in [5.74, 6) is -1.50. The number of carbonyl (C=O) groups excluding carboxylic acids is 2. The third-order valence-corrected chi connectivity index (χ3v) is 8.63. The summed E-state index contributed by atoms with van der Waals surface area (Å²) in [7, 11) is 3.17. The normalized spacial score (nSPS) is 26.6. The molecule has 0 aromatic heterocycles. The minimum absolute atomic E-state index is 0.108. The highest BCUT2D eigenvalue weighted by Crippen LogP contribution is 2.52. The Morgan fingerprint density at radius 1 is 1.12 bits per heavy atom. The van der Waals surface area contributed by atoms with Crippen LogP contribution in [0.15, 0.2) is 30.3 Å². The lowest BCUT2D eigenvalue weighted by Crippen LogP contribution is -2.80. The fraction of sp³-hybridized carbons (Fsp3) is 0.531. The second-order valence-corrected chi connectivity index (χ2v) is 12.5. The van der Waals surface area contributed by atoms with Gasteiger partial charge in [-0.05, 0) is 39.0 Å². The smallest absolute Gasteiger partial charge is 0.367 e. The van der Waals surface area contributed by atoms with Crippen molar-refractivity contribution in [2.75, 3.05) is 40.5 Å². The molecule has 0 aliphatic carbocycles. The zero-order chi connectivity index (χ0) is 30.3. The van der Waals surface area contributed by atoms with E-state index in [1.165, 1.54) is 6.92 Å². The van der Waals surface area contributed by atoms with Crippen molar-refractivity contribution >= 4 is 23.3 Å². The van der Waals surface area contributed by atoms with Crippen molar-refractivity contribution in [3.05, 3.63) is 52.6 Å². The number of ketones is 1. The van der Waals surface area contributed by atoms with Crippen LogP contribution in [-0.2, 0) is 19.1 Å². The van der Waals surface area contributed by atoms with Crippen LogP contribution in [0.5, 0.6) is 11.5 Å². The molecule has 0 bridgehead atoms. The summed E-state index contributed by atoms with van der Waals surface area (Å²) in [4.78, 5) is 41.6. The maximum Gasteiger partial charge on any atom is 0.367 e. The number of aryl methyl sites for hydroxylation is 1. The monoisotopic (exact) mass is 567 g/mol. The van der Waals surface area contributed by atoms with E-state index < -0.39 is 33.4 Å². The SMILES string of the molecule is COc1ccc(C2OCC(=O)[N@@+](CC(C)(C)C)([C@@]3(C(=O)O)CCNC[C@@H]3C(C)=O)c3ccc(C)cc32)c(OC)c1C. The predicted molar refractivity (Wildman–Crippen MR) is 156 cm³/mol. The highest BCUT2D eigenvalue weighted by Gasteiger charge is 2.70. The molecule has 1 saturated heterocycles. The van der Waals surface area contributed by atoms with Gasteiger partial charge in [0.1, 0.15) is 29.1 Å². The number of piperidine rings is 1. The van der Waals surface area contributed by atoms with E-state index in [9.17, 15) is 19.5 Å². The van der Waals surface area contributed by atoms with Crippen LogP contribution in [0, 0.1) is 25.2 Å². The lowest BCUT2D eigenvalue weighted by Gasteiger charge is -2.54. The van der Waals surface area contributed by atoms with Crippen LogP contribution < -0.4 is 19.3 Å². The minimum Gasteiger partial charge on any atom is -0.496 e. The van der Waals surface area contributed by atoms with Crippen LogP contribution in [0.4, 0.5) is 5.69 Å². The molecule has 0 spiro atoms. The lowest BCUT2D eigenvalue weighted by molar-refractivity contribution is -0.170. The number of carboxylic acid groups (broad SMARTS) is 1. The summed E-state index contributed by atoms with van der Waals surface area (Å²) in [6, 6.07) is 9.44. The summed E-state index contributed by atoms with van der Waals surface area (Å²) in [6.45, 7) is 11.6. The Labute approximate surface area is 242 Å². The average molecular weight is 568 g/mol. The van der Waals surface area contributed by atoms with Gasteiger partial charge in [0.2, 0.25) is 5.54 Å². The minimum atomic E-state index is -1.73. The molecule has 4 rings (SSSR count). The molecule has 0 saturated carbocycles. The molecule has 2 heterocycles. The standard InChI is InChI=1S/C32H42N2O7/c1-19-9-11-25-23(15-19)29(22-10-12-26(39-7)20(2)28(22)40-8)41-17-27(36)34(25,18-31(4,5)6)32(30(37)38)13-14-33-16-24(32)21(3)35/h9-12,15,24,29,33H,13-14,16-18H2,1-8H3/p+1/t24-,29?,32+,34+/m1/s1. The van der Waals surface area contributed by atoms with Crippen molar-refractivity contribution < 1.29 is 33.7 Å². The van der Waals surface area contributed by atoms with Gasteiger partial charge in [-0.25, -0.2) is 14.1 Å². The highest BCUT2D eigenvalue weighted by molar-refractivity contribution is 6.02. The van der Waals surface area contributed by atoms with E-state index in [2.05, 4.69) is 5.32 Å². The number of methoxy groups -OCH3 is 2. The molecule has 41 heavy (non-hydrogen) atoms. The van der Waals surface area contributed by atoms with Gasteiger partial charge >= 0.3 is 11.9 Å². The Bertz CT molecular complexity index is 1360. The molecule has 4 atom stereocenters. The Hall–Kier alpha value is -3.27. The van der Waals surface area contributed by atoms with Crippen LogP contribution in [0.25, 0.3) is 0 Å². The Balaban J connectivity index is 2.14. The number of fused-ring (bicyclic) bond motifs is 1. The van der Waals surface area contributed by atoms with Gasteiger partial charge in [0.15, 0.2) is 6.61 Å². The zero-order valence-electron chi connectivity index (χ0n) is 25.4. The van der Waals surface area contributed by atoms with Crippen LogP contribution in [-0.4, -0.2) is 68.8 Å². The molecule has 1 unspecified atom stereocenters. The lowest BCUT2D eigenvalue weighted by atomic mass is 9.70. The third-order valence-electron chi connectivity index (χ3n) is 8.63. The number of aliphatic carboxylic acids is 1. The number of amides is 1. The number of Topliss-reactive ketones (excluding diaryl/α,β-unsaturated/α-hetero) is 1. The van der Waals surface area contributed by atoms with Crippen LogP contribution in [0.2, 0.25) is 0 Å². The fourth-order valence-electron chi connectivity index (χ4n) is 7.06. The largest absolute Gasteiger partial charge is 0.496 e. The topological polar surface area (TPSA) is 111 Å². The predicted octanol–water partition coefficient (Wildman–Crippen LogP) is 4.34. The zero-order valence-corrected chi connectivity index (χ0v) is 25.4. The van der Waals surface area contributed by atoms with Crippen LogP contribution >= 0.6 is 0 Å². The molecule has 9 heteroatoms. The van der Waals surface area contributed by atoms with Crippen molar-refractivity contribution in [3.8, 4) is 11.5 Å². The van der Waals surface area contributed by atoms with Crippen molar-refractivity contribution in [2.24, 2.45) is 11.3 Å². The first-order valence-corrected chi connectivity index (χ1v) is 14.1. The van der Waals surface area contributed by atoms with E-state index in [4.69, 9.17) is 14.2 Å². The first-order valence-electron chi connectivity index (χ1n) is 14.1. The highest BCUT2D eigenvalue weighted by atomic mass is 16.5. The maximum absolute atomic E-state index is 14.7. The van der Waals surface area contributed by atoms with Crippen molar-refractivity contribution in [2.45, 2.75) is 59.6 Å². The van der Waals surface area contributed by atoms with Crippen molar-refractivity contribution in [3.63, 3.8) is 0 Å². The number of carbonyl (C=O) groups is 3. The van der Waals surface area contributed by atoms with Crippen LogP contribution in [0.3, 0.4) is 0 Å². The Morgan fingerprint density at radius 2 is 1.83 bits per heavy atom. The summed E-state index contributed by atoms with van der Waals surface area (Å²) in [5, 5.41) is 14.4. The molecule has 2 aromatic carbocycles. The van der Waals surface area contributed by atoms with E-state index in [-0.39, 0.29) is 37.8 Å². The van der Waals surface area contributed by atoms with Gasteiger partial charge in [0.25, 0.3) is 0 Å². The molecule has 2 aliphatic rings. The number of ether oxygens (including phenoxy) is 3. The van der Waals surface area contributed by atoms with E-state index in [1.807, 2.05) is 65.0 Å². The average Bonchev–Trinajstić information content (AvgIpc) is 3.02. The number of quaternary nitrogens is 1. The summed E-state index contributed by atoms with van der Waals surface area (Å²) >= 11 is 0. The molecule has 222 valence electrons. The van der Waals surface area contributed by atoms with Gasteiger partial charge in [-0.2, -0.15) is 0 Å². The number of hydrogen-bond donors (Lipinski definition) is 2. The molecular weight excluding hydrogens is 524 g/mol. The third kappa shape index (κ3) is 4.94. The molecule has 0 radical (unpaired) electrons. The molecule has 1 amide bonds. The number of benzene rings is 2. The van der Waals surface area contributed by atoms with Gasteiger partial charge in [0, 0.05) is 47.7 Å². The maximum atomic E-state index is 14.7. The van der Waals surface area contributed by atoms with Gasteiger partial charge in [-0.15, -0.1) is 0 Å². The molecule has 9 nitrogen and oxygen atoms in total. The first kappa shape index (κ1) is 30.7. The van der Waals surface area contributed by atoms with E-state index in [0.717, 1.165) is 11.1 Å². The quantitative estimate of drug-likeness (QED) is 0.476. The number of carboxylic acids is 1. The van der Waals surface area contributed by atoms with E-state index in [1.54, 1.807) is 14.2 Å². The van der Waals surface area contributed by atoms with Gasteiger partial charge < -0.3 is 24.6 Å². The number of nitrogens with zero attached hydrogens (tertiary/aromatic N) is 1. The molecule has 2 aliphatic heterocycles. The summed E-state index contributed by atoms with van der Waals surface area (Å²) in [6.07, 6.45) is -0.617. The van der Waals surface area contributed by atoms with Crippen molar-refractivity contribution in [1.29, 1.82) is 0 Å². The number of nitrogens with one attached hydrogen (secondary N) is 1. The molecule has 2 N–H and O–H groups in total. The van der Waals surface area contributed by atoms with Gasteiger partial charge in [-0.3, -0.25) is 4.79 Å². The van der Waals surface area contributed by atoms with E-state index >= 15 is 0 Å². The van der Waals surface area contributed by atoms with Gasteiger partial charge in [0.05, 0.1) is 26.7 Å². The Morgan fingerprint density at radius 3 is 2.41 bits per heavy atom. The second-order valence-electron chi connectivity index (χ2n) is 12.5. The molecule has 1 fully saturated rings. The number of rotatable bonds is 7. The molecule has 2 aromatic rings. The summed E-state index contributed by atoms with van der Waals surface area (Å²) < 4.78 is 17.3. The van der Waals surface area contributed by atoms with E-state index in [0.29, 0.717) is 34.9 Å².